The van der Waals surface area contributed by atoms with Crippen LogP contribution in [0.15, 0.2) is 83.8 Å². The Morgan fingerprint density at radius 1 is 0.879 bits per heavy atom. The molecule has 33 heavy (non-hydrogen) atoms. The summed E-state index contributed by atoms with van der Waals surface area (Å²) in [6.07, 6.45) is 0. The van der Waals surface area contributed by atoms with Gasteiger partial charge in [0.2, 0.25) is 5.91 Å². The molecule has 0 unspecified atom stereocenters. The van der Waals surface area contributed by atoms with E-state index in [1.165, 1.54) is 18.2 Å². The van der Waals surface area contributed by atoms with Crippen LogP contribution in [0.25, 0.3) is 0 Å². The van der Waals surface area contributed by atoms with Crippen LogP contribution in [0.5, 0.6) is 0 Å². The first-order valence-corrected chi connectivity index (χ1v) is 12.3. The average Bonchev–Trinajstić information content (AvgIpc) is 2.84. The molecule has 3 aromatic carbocycles. The molecule has 4 rings (SSSR count). The summed E-state index contributed by atoms with van der Waals surface area (Å²) in [5.41, 5.74) is 0.732. The van der Waals surface area contributed by atoms with Crippen molar-refractivity contribution in [2.75, 3.05) is 41.9 Å². The fourth-order valence-corrected chi connectivity index (χ4v) is 5.54. The van der Waals surface area contributed by atoms with Gasteiger partial charge in [0.25, 0.3) is 10.0 Å². The first-order chi connectivity index (χ1) is 15.9. The van der Waals surface area contributed by atoms with E-state index < -0.39 is 10.0 Å². The van der Waals surface area contributed by atoms with Crippen molar-refractivity contribution in [3.63, 3.8) is 0 Å². The maximum atomic E-state index is 14.1. The third kappa shape index (κ3) is 4.96. The number of piperazine rings is 1. The predicted molar refractivity (Wildman–Crippen MR) is 128 cm³/mol. The van der Waals surface area contributed by atoms with Crippen molar-refractivity contribution in [3.8, 4) is 0 Å². The molecule has 1 aliphatic heterocycles. The van der Waals surface area contributed by atoms with Crippen molar-refractivity contribution in [2.24, 2.45) is 0 Å². The van der Waals surface area contributed by atoms with Crippen molar-refractivity contribution in [2.45, 2.75) is 4.90 Å². The summed E-state index contributed by atoms with van der Waals surface area (Å²) in [4.78, 5) is 16.7. The van der Waals surface area contributed by atoms with Gasteiger partial charge in [-0.2, -0.15) is 0 Å². The fraction of sp³-hybridized carbons (Fsp3) is 0.208. The monoisotopic (exact) mass is 487 g/mol. The van der Waals surface area contributed by atoms with Crippen LogP contribution >= 0.6 is 11.6 Å². The van der Waals surface area contributed by atoms with Gasteiger partial charge in [-0.25, -0.2) is 12.8 Å². The van der Waals surface area contributed by atoms with Crippen LogP contribution in [0.4, 0.5) is 15.8 Å². The highest BCUT2D eigenvalue weighted by Gasteiger charge is 2.31. The molecule has 6 nitrogen and oxygen atoms in total. The Morgan fingerprint density at radius 3 is 2.15 bits per heavy atom. The van der Waals surface area contributed by atoms with Crippen molar-refractivity contribution >= 4 is 38.9 Å². The molecule has 1 aliphatic rings. The number of nitrogens with zero attached hydrogens (tertiary/aromatic N) is 3. The van der Waals surface area contributed by atoms with Crippen molar-refractivity contribution < 1.29 is 17.6 Å². The molecule has 0 atom stereocenters. The summed E-state index contributed by atoms with van der Waals surface area (Å²) < 4.78 is 42.0. The van der Waals surface area contributed by atoms with E-state index in [4.69, 9.17) is 11.6 Å². The van der Waals surface area contributed by atoms with Crippen LogP contribution in [0, 0.1) is 5.82 Å². The van der Waals surface area contributed by atoms with E-state index in [2.05, 4.69) is 0 Å². The Hall–Kier alpha value is -3.10. The van der Waals surface area contributed by atoms with Gasteiger partial charge in [-0.05, 0) is 36.4 Å². The molecule has 1 heterocycles. The maximum Gasteiger partial charge on any atom is 0.264 e. The van der Waals surface area contributed by atoms with E-state index in [1.54, 1.807) is 65.6 Å². The topological polar surface area (TPSA) is 60.9 Å². The quantitative estimate of drug-likeness (QED) is 0.527. The van der Waals surface area contributed by atoms with Crippen molar-refractivity contribution in [1.29, 1.82) is 0 Å². The number of hydrogen-bond acceptors (Lipinski definition) is 4. The second-order valence-electron chi connectivity index (χ2n) is 7.60. The second-order valence-corrected chi connectivity index (χ2v) is 9.86. The first-order valence-electron chi connectivity index (χ1n) is 10.5. The van der Waals surface area contributed by atoms with E-state index in [0.717, 1.165) is 4.31 Å². The van der Waals surface area contributed by atoms with Crippen LogP contribution in [-0.4, -0.2) is 51.9 Å². The van der Waals surface area contributed by atoms with Gasteiger partial charge < -0.3 is 9.80 Å². The van der Waals surface area contributed by atoms with Crippen LogP contribution < -0.4 is 9.21 Å². The predicted octanol–water partition coefficient (Wildman–Crippen LogP) is 4.02. The zero-order chi connectivity index (χ0) is 23.4. The van der Waals surface area contributed by atoms with E-state index >= 15 is 0 Å². The number of hydrogen-bond donors (Lipinski definition) is 0. The summed E-state index contributed by atoms with van der Waals surface area (Å²) in [5.74, 6) is -0.654. The van der Waals surface area contributed by atoms with E-state index in [0.29, 0.717) is 31.9 Å². The third-order valence-corrected chi connectivity index (χ3v) is 7.65. The SMILES string of the molecule is O=C(CN(c1ccccc1Cl)S(=O)(=O)c1ccccc1)N1CCN(c2ccccc2F)CC1. The van der Waals surface area contributed by atoms with Crippen LogP contribution in [-0.2, 0) is 14.8 Å². The minimum absolute atomic E-state index is 0.0714. The summed E-state index contributed by atoms with van der Waals surface area (Å²) >= 11 is 6.31. The lowest BCUT2D eigenvalue weighted by atomic mass is 10.2. The lowest BCUT2D eigenvalue weighted by molar-refractivity contribution is -0.129. The zero-order valence-electron chi connectivity index (χ0n) is 17.8. The number of amides is 1. The number of benzene rings is 3. The second kappa shape index (κ2) is 9.80. The van der Waals surface area contributed by atoms with Gasteiger partial charge in [0, 0.05) is 26.2 Å². The molecule has 1 saturated heterocycles. The van der Waals surface area contributed by atoms with Crippen molar-refractivity contribution in [3.05, 3.63) is 89.7 Å². The summed E-state index contributed by atoms with van der Waals surface area (Å²) in [5, 5.41) is 0.231. The Labute approximate surface area is 197 Å². The number of para-hydroxylation sites is 2. The molecule has 0 bridgehead atoms. The van der Waals surface area contributed by atoms with Gasteiger partial charge in [-0.3, -0.25) is 9.10 Å². The highest BCUT2D eigenvalue weighted by atomic mass is 35.5. The lowest BCUT2D eigenvalue weighted by Crippen LogP contribution is -2.52. The average molecular weight is 488 g/mol. The van der Waals surface area contributed by atoms with E-state index in [-0.39, 0.29) is 33.9 Å². The molecular weight excluding hydrogens is 465 g/mol. The fourth-order valence-electron chi connectivity index (χ4n) is 3.80. The van der Waals surface area contributed by atoms with Gasteiger partial charge in [-0.1, -0.05) is 54.1 Å². The van der Waals surface area contributed by atoms with Crippen LogP contribution in [0.3, 0.4) is 0 Å². The largest absolute Gasteiger partial charge is 0.366 e. The Morgan fingerprint density at radius 2 is 1.48 bits per heavy atom. The van der Waals surface area contributed by atoms with Gasteiger partial charge in [-0.15, -0.1) is 0 Å². The highest BCUT2D eigenvalue weighted by molar-refractivity contribution is 7.92. The van der Waals surface area contributed by atoms with Crippen LogP contribution in [0.1, 0.15) is 0 Å². The highest BCUT2D eigenvalue weighted by Crippen LogP contribution is 2.30. The number of carbonyl (C=O) groups excluding carboxylic acids is 1. The standard InChI is InChI=1S/C24H23ClFN3O3S/c25-20-10-4-6-12-22(20)29(33(31,32)19-8-2-1-3-9-19)18-24(30)28-16-14-27(15-17-28)23-13-7-5-11-21(23)26/h1-13H,14-18H2. The maximum absolute atomic E-state index is 14.1. The Balaban J connectivity index is 1.54. The summed E-state index contributed by atoms with van der Waals surface area (Å²) in [7, 11) is -4.03. The third-order valence-electron chi connectivity index (χ3n) is 5.56. The number of rotatable bonds is 6. The minimum atomic E-state index is -4.03. The molecular formula is C24H23ClFN3O3S. The Kier molecular flexibility index (Phi) is 6.85. The molecule has 0 spiro atoms. The van der Waals surface area contributed by atoms with Gasteiger partial charge in [0.15, 0.2) is 0 Å². The molecule has 1 fully saturated rings. The van der Waals surface area contributed by atoms with Crippen LogP contribution in [0.2, 0.25) is 5.02 Å². The van der Waals surface area contributed by atoms with Gasteiger partial charge in [0.1, 0.15) is 12.4 Å². The Bertz CT molecular complexity index is 1230. The number of anilines is 2. The molecule has 172 valence electrons. The van der Waals surface area contributed by atoms with Crippen molar-refractivity contribution in [1.82, 2.24) is 4.90 Å². The zero-order valence-corrected chi connectivity index (χ0v) is 19.3. The molecule has 1 amide bonds. The minimum Gasteiger partial charge on any atom is -0.366 e. The molecule has 0 N–H and O–H groups in total. The molecule has 3 aromatic rings. The number of sulfonamides is 1. The van der Waals surface area contributed by atoms with Gasteiger partial charge >= 0.3 is 0 Å². The molecule has 0 aliphatic carbocycles. The normalized spacial score (nSPS) is 14.2. The molecule has 9 heteroatoms. The lowest BCUT2D eigenvalue weighted by Gasteiger charge is -2.37. The summed E-state index contributed by atoms with van der Waals surface area (Å²) in [6.45, 7) is 1.22. The number of carbonyl (C=O) groups is 1. The summed E-state index contributed by atoms with van der Waals surface area (Å²) in [6, 6.07) is 21.0. The molecule has 0 radical (unpaired) electrons. The van der Waals surface area contributed by atoms with Gasteiger partial charge in [0.05, 0.1) is 21.3 Å². The number of halogens is 2. The van der Waals surface area contributed by atoms with E-state index in [9.17, 15) is 17.6 Å². The first kappa shape index (κ1) is 23.1. The molecule has 0 saturated carbocycles. The van der Waals surface area contributed by atoms with E-state index in [1.807, 2.05) is 4.90 Å². The smallest absolute Gasteiger partial charge is 0.264 e. The molecule has 0 aromatic heterocycles.